The normalized spacial score (nSPS) is 15.0. The number of rotatable bonds is 6. The number of hydrogen-bond acceptors (Lipinski definition) is 10. The second-order valence-corrected chi connectivity index (χ2v) is 54.5. The molecule has 0 bridgehead atoms. The van der Waals surface area contributed by atoms with Gasteiger partial charge >= 0.3 is 105 Å². The maximum atomic E-state index is 6.24. The van der Waals surface area contributed by atoms with E-state index in [1.165, 1.54) is 170 Å². The van der Waals surface area contributed by atoms with Crippen LogP contribution in [-0.2, 0) is 21.7 Å². The zero-order chi connectivity index (χ0) is 61.7. The van der Waals surface area contributed by atoms with Crippen molar-refractivity contribution in [2.75, 3.05) is 14.2 Å². The van der Waals surface area contributed by atoms with Crippen molar-refractivity contribution in [3.63, 3.8) is 0 Å². The van der Waals surface area contributed by atoms with E-state index in [4.69, 9.17) is 9.47 Å². The van der Waals surface area contributed by atoms with Crippen molar-refractivity contribution in [3.05, 3.63) is 175 Å². The molecule has 0 N–H and O–H groups in total. The molecule has 2 nitrogen and oxygen atoms in total. The SMILES string of the molecule is C.C.C.COc1cc2c3c(c(C)cc2c2c1-c1sc(-c4ccc(-c5ccc(C)s5)s4)cc1C2(C)C)-c1sc(C)cc1C3(C)C.COc1cc2c3c(c(C)cc2c2c1-c1sc(Br)cc1C2(C)C)-c1sc(Br)cc1C3(C)C.Cc1ccc(-c2cc[c]([Sn]([CH3])([CH3])[CH3])s2)s1. The zero-order valence-electron chi connectivity index (χ0n) is 52.6. The Kier molecular flexibility index (Phi) is 17.8. The first-order chi connectivity index (χ1) is 41.0. The third kappa shape index (κ3) is 10.3. The van der Waals surface area contributed by atoms with Gasteiger partial charge in [0.05, 0.1) is 21.8 Å². The van der Waals surface area contributed by atoms with Crippen LogP contribution in [0.3, 0.4) is 0 Å². The summed E-state index contributed by atoms with van der Waals surface area (Å²) in [5, 5.41) is 5.45. The average molecular weight is 1570 g/mol. The standard InChI is InChI=1S/C36H32OS4.C26H22Br2OS2.C9H7S2.3CH4.3CH3.Sn/c1-17-13-20-21(31-29(17)33-22(35(31,4)5)14-19(3)39-33)15-24(37-8)30-32(20)36(6,7)23-16-28(41-34(23)30)27-12-11-26(40-27)25-10-9-18(2)38-25;1-11-7-12-13(21-19(11)23-14(25(21,2)3)9-17(27)30-23)8-16(29-6)20-22(12)26(4,5)15-10-18(28)31-24(15)20;1-7-4-5-9(11-7)8-3-2-6-10-8;;;;;;;/h9-16H,1-8H3;7-10H,1-6H3;2-5H,1H3;3*1H4;3*1H3;. The second-order valence-electron chi connectivity index (χ2n) is 27.2. The van der Waals surface area contributed by atoms with Crippen molar-refractivity contribution in [2.24, 2.45) is 0 Å². The van der Waals surface area contributed by atoms with E-state index in [1.807, 2.05) is 105 Å². The van der Waals surface area contributed by atoms with E-state index in [-0.39, 0.29) is 43.9 Å². The number of fused-ring (bicyclic) bond motifs is 18. The minimum atomic E-state index is -1.83. The fraction of sp³-hybridized carbons (Fsp3) is 0.325. The van der Waals surface area contributed by atoms with E-state index >= 15 is 0 Å². The molecule has 16 rings (SSSR count). The van der Waals surface area contributed by atoms with E-state index in [9.17, 15) is 0 Å². The Labute approximate surface area is 588 Å². The fourth-order valence-electron chi connectivity index (χ4n) is 14.8. The number of thiophene rings is 8. The van der Waals surface area contributed by atoms with Gasteiger partial charge in [0, 0.05) is 81.6 Å². The van der Waals surface area contributed by atoms with E-state index in [1.54, 1.807) is 2.89 Å². The summed E-state index contributed by atoms with van der Waals surface area (Å²) in [6.07, 6.45) is 0. The third-order valence-corrected chi connectivity index (χ3v) is 38.7. The topological polar surface area (TPSA) is 18.5 Å². The molecular weight excluding hydrogens is 1490 g/mol. The molecule has 13 heteroatoms. The molecule has 468 valence electrons. The van der Waals surface area contributed by atoms with Crippen LogP contribution in [0.25, 0.3) is 92.6 Å². The van der Waals surface area contributed by atoms with Crippen LogP contribution in [0.15, 0.2) is 105 Å². The third-order valence-electron chi connectivity index (χ3n) is 18.9. The number of aryl methyl sites for hydroxylation is 5. The van der Waals surface area contributed by atoms with Gasteiger partial charge in [-0.05, 0) is 209 Å². The van der Waals surface area contributed by atoms with Gasteiger partial charge in [0.1, 0.15) is 11.5 Å². The molecule has 0 amide bonds. The van der Waals surface area contributed by atoms with Crippen molar-refractivity contribution < 1.29 is 9.47 Å². The molecule has 0 unspecified atom stereocenters. The zero-order valence-corrected chi connectivity index (χ0v) is 65.1. The summed E-state index contributed by atoms with van der Waals surface area (Å²) in [6.45, 7) is 30.3. The van der Waals surface area contributed by atoms with Gasteiger partial charge in [-0.25, -0.2) is 0 Å². The molecule has 4 aliphatic carbocycles. The monoisotopic (exact) mass is 1570 g/mol. The van der Waals surface area contributed by atoms with Crippen LogP contribution in [0.2, 0.25) is 14.8 Å². The molecule has 0 radical (unpaired) electrons. The van der Waals surface area contributed by atoms with Gasteiger partial charge in [0.15, 0.2) is 0 Å². The minimum absolute atomic E-state index is 0. The molecule has 0 aliphatic heterocycles. The number of halogens is 2. The Morgan fingerprint density at radius 3 is 1.11 bits per heavy atom. The quantitative estimate of drug-likeness (QED) is 0.155. The molecule has 8 heterocycles. The van der Waals surface area contributed by atoms with Crippen LogP contribution in [0, 0.1) is 34.6 Å². The van der Waals surface area contributed by atoms with E-state index < -0.39 is 18.4 Å². The number of methoxy groups -OCH3 is 2. The Bertz CT molecular complexity index is 4870. The van der Waals surface area contributed by atoms with Crippen molar-refractivity contribution in [2.45, 2.75) is 149 Å². The van der Waals surface area contributed by atoms with Gasteiger partial charge in [-0.1, -0.05) is 89.8 Å². The molecule has 0 fully saturated rings. The Balaban J connectivity index is 0.000000150. The molecule has 0 spiro atoms. The number of ether oxygens (including phenoxy) is 2. The van der Waals surface area contributed by atoms with Gasteiger partial charge in [-0.2, -0.15) is 0 Å². The number of benzene rings is 4. The molecule has 90 heavy (non-hydrogen) atoms. The van der Waals surface area contributed by atoms with E-state index in [2.05, 4.69) is 234 Å². The average Bonchev–Trinajstić information content (AvgIpc) is 1.51. The summed E-state index contributed by atoms with van der Waals surface area (Å²) in [6, 6.07) is 37.2. The molecule has 8 aromatic heterocycles. The summed E-state index contributed by atoms with van der Waals surface area (Å²) in [5.41, 5.74) is 19.4. The van der Waals surface area contributed by atoms with Crippen molar-refractivity contribution >= 4 is 165 Å². The predicted molar refractivity (Wildman–Crippen MR) is 419 cm³/mol. The van der Waals surface area contributed by atoms with Crippen molar-refractivity contribution in [3.8, 4) is 82.5 Å². The first kappa shape index (κ1) is 67.8. The van der Waals surface area contributed by atoms with Gasteiger partial charge in [-0.3, -0.25) is 0 Å². The first-order valence-corrected chi connectivity index (χ1v) is 47.7. The van der Waals surface area contributed by atoms with Gasteiger partial charge in [-0.15, -0.1) is 68.0 Å². The predicted octanol–water partition coefficient (Wildman–Crippen LogP) is 27.6. The Morgan fingerprint density at radius 2 is 0.689 bits per heavy atom. The molecule has 12 aromatic rings. The van der Waals surface area contributed by atoms with E-state index in [0.29, 0.717) is 0 Å². The summed E-state index contributed by atoms with van der Waals surface area (Å²) in [7, 11) is 3.65. The van der Waals surface area contributed by atoms with Gasteiger partial charge in [0.2, 0.25) is 0 Å². The maximum absolute atomic E-state index is 6.24. The van der Waals surface area contributed by atoms with Crippen LogP contribution < -0.4 is 12.4 Å². The Morgan fingerprint density at radius 1 is 0.344 bits per heavy atom. The van der Waals surface area contributed by atoms with Crippen molar-refractivity contribution in [1.82, 2.24) is 0 Å². The molecular formula is C77H82Br2O2S8Sn. The molecule has 0 saturated carbocycles. The van der Waals surface area contributed by atoms with Crippen molar-refractivity contribution in [1.29, 1.82) is 0 Å². The summed E-state index contributed by atoms with van der Waals surface area (Å²) in [5.74, 6) is 1.99. The molecule has 0 atom stereocenters. The summed E-state index contributed by atoms with van der Waals surface area (Å²) in [4.78, 5) is 25.4. The molecule has 4 aromatic carbocycles. The second kappa shape index (κ2) is 23.6. The Hall–Kier alpha value is -3.64. The van der Waals surface area contributed by atoms with Gasteiger partial charge in [0.25, 0.3) is 0 Å². The van der Waals surface area contributed by atoms with Crippen LogP contribution in [-0.4, -0.2) is 32.6 Å². The summed E-state index contributed by atoms with van der Waals surface area (Å²) >= 11 is 20.8. The first-order valence-electron chi connectivity index (χ1n) is 29.6. The number of hydrogen-bond donors (Lipinski definition) is 0. The van der Waals surface area contributed by atoms with Gasteiger partial charge < -0.3 is 9.47 Å². The van der Waals surface area contributed by atoms with Crippen LogP contribution in [0.5, 0.6) is 11.5 Å². The molecule has 0 saturated heterocycles. The fourth-order valence-corrected chi connectivity index (χ4v) is 30.4. The van der Waals surface area contributed by atoms with Crippen LogP contribution in [0.1, 0.15) is 148 Å². The van der Waals surface area contributed by atoms with Crippen LogP contribution in [0.4, 0.5) is 0 Å². The molecule has 4 aliphatic rings. The van der Waals surface area contributed by atoms with E-state index in [0.717, 1.165) is 11.5 Å². The summed E-state index contributed by atoms with van der Waals surface area (Å²) < 4.78 is 16.3. The van der Waals surface area contributed by atoms with Crippen LogP contribution >= 0.6 is 123 Å².